The predicted molar refractivity (Wildman–Crippen MR) is 114 cm³/mol. The fourth-order valence-corrected chi connectivity index (χ4v) is 3.58. The van der Waals surface area contributed by atoms with Gasteiger partial charge in [0.1, 0.15) is 5.75 Å². The first-order valence-corrected chi connectivity index (χ1v) is 10.4. The number of hydrogen-bond donors (Lipinski definition) is 1. The van der Waals surface area contributed by atoms with Crippen molar-refractivity contribution in [3.05, 3.63) is 64.1 Å². The lowest BCUT2D eigenvalue weighted by atomic mass is 9.95. The van der Waals surface area contributed by atoms with Gasteiger partial charge in [-0.05, 0) is 61.7 Å². The van der Waals surface area contributed by atoms with E-state index >= 15 is 0 Å². The van der Waals surface area contributed by atoms with Crippen LogP contribution in [-0.4, -0.2) is 36.4 Å². The summed E-state index contributed by atoms with van der Waals surface area (Å²) in [5.74, 6) is 0.462. The Hall–Kier alpha value is -2.24. The van der Waals surface area contributed by atoms with Crippen molar-refractivity contribution in [2.45, 2.75) is 25.8 Å². The third kappa shape index (κ3) is 6.12. The molecule has 0 aromatic heterocycles. The molecular weight excluding hydrogens is 411 g/mol. The van der Waals surface area contributed by atoms with Crippen molar-refractivity contribution >= 4 is 35.0 Å². The predicted octanol–water partition coefficient (Wildman–Crippen LogP) is 4.49. The van der Waals surface area contributed by atoms with Gasteiger partial charge in [0.05, 0.1) is 6.04 Å². The smallest absolute Gasteiger partial charge is 0.260 e. The van der Waals surface area contributed by atoms with E-state index in [0.29, 0.717) is 41.7 Å². The topological polar surface area (TPSA) is 58.6 Å². The van der Waals surface area contributed by atoms with E-state index in [2.05, 4.69) is 5.32 Å². The number of rotatable bonds is 6. The molecular formula is C22H24Cl2N2O3. The summed E-state index contributed by atoms with van der Waals surface area (Å²) in [4.78, 5) is 26.7. The zero-order valence-electron chi connectivity index (χ0n) is 16.2. The number of ether oxygens (including phenoxy) is 1. The van der Waals surface area contributed by atoms with Gasteiger partial charge in [-0.3, -0.25) is 9.59 Å². The Morgan fingerprint density at radius 2 is 1.59 bits per heavy atom. The maximum atomic E-state index is 12.6. The summed E-state index contributed by atoms with van der Waals surface area (Å²) in [7, 11) is 0. The van der Waals surface area contributed by atoms with Crippen LogP contribution in [0.2, 0.25) is 10.0 Å². The Bertz CT molecular complexity index is 832. The van der Waals surface area contributed by atoms with Crippen LogP contribution in [0.25, 0.3) is 0 Å². The lowest BCUT2D eigenvalue weighted by Crippen LogP contribution is -2.44. The van der Waals surface area contributed by atoms with Gasteiger partial charge >= 0.3 is 0 Å². The Morgan fingerprint density at radius 1 is 1.03 bits per heavy atom. The highest BCUT2D eigenvalue weighted by atomic mass is 35.5. The van der Waals surface area contributed by atoms with E-state index in [9.17, 15) is 9.59 Å². The first-order chi connectivity index (χ1) is 13.9. The van der Waals surface area contributed by atoms with Gasteiger partial charge in [-0.1, -0.05) is 35.3 Å². The molecule has 2 aromatic rings. The summed E-state index contributed by atoms with van der Waals surface area (Å²) in [6, 6.07) is 14.3. The molecule has 2 amide bonds. The van der Waals surface area contributed by atoms with Crippen LogP contribution in [0.4, 0.5) is 0 Å². The van der Waals surface area contributed by atoms with Gasteiger partial charge in [-0.15, -0.1) is 0 Å². The highest BCUT2D eigenvalue weighted by Gasteiger charge is 2.28. The molecule has 1 aliphatic heterocycles. The van der Waals surface area contributed by atoms with E-state index < -0.39 is 0 Å². The van der Waals surface area contributed by atoms with Crippen LogP contribution in [0.3, 0.4) is 0 Å². The van der Waals surface area contributed by atoms with Crippen LogP contribution < -0.4 is 10.1 Å². The van der Waals surface area contributed by atoms with Crippen LogP contribution in [0.1, 0.15) is 31.4 Å². The molecule has 1 aliphatic rings. The fraction of sp³-hybridized carbons (Fsp3) is 0.364. The molecule has 0 spiro atoms. The number of carbonyl (C=O) groups is 2. The highest BCUT2D eigenvalue weighted by molar-refractivity contribution is 6.30. The van der Waals surface area contributed by atoms with Gasteiger partial charge in [-0.2, -0.15) is 0 Å². The lowest BCUT2D eigenvalue weighted by molar-refractivity contribution is -0.137. The molecule has 1 N–H and O–H groups in total. The molecule has 5 nitrogen and oxygen atoms in total. The number of hydrogen-bond acceptors (Lipinski definition) is 3. The molecule has 0 bridgehead atoms. The first-order valence-electron chi connectivity index (χ1n) is 9.64. The molecule has 1 heterocycles. The van der Waals surface area contributed by atoms with Crippen molar-refractivity contribution in [1.82, 2.24) is 10.2 Å². The van der Waals surface area contributed by atoms with Crippen molar-refractivity contribution in [2.24, 2.45) is 5.92 Å². The minimum Gasteiger partial charge on any atom is -0.484 e. The average Bonchev–Trinajstić information content (AvgIpc) is 2.73. The Morgan fingerprint density at radius 3 is 2.17 bits per heavy atom. The van der Waals surface area contributed by atoms with Gasteiger partial charge < -0.3 is 15.0 Å². The van der Waals surface area contributed by atoms with Gasteiger partial charge in [0, 0.05) is 29.1 Å². The maximum Gasteiger partial charge on any atom is 0.260 e. The third-order valence-electron chi connectivity index (χ3n) is 5.12. The van der Waals surface area contributed by atoms with E-state index in [4.69, 9.17) is 27.9 Å². The Kier molecular flexibility index (Phi) is 7.40. The van der Waals surface area contributed by atoms with E-state index in [1.165, 1.54) is 0 Å². The van der Waals surface area contributed by atoms with Gasteiger partial charge in [-0.25, -0.2) is 0 Å². The third-order valence-corrected chi connectivity index (χ3v) is 5.63. The fourth-order valence-electron chi connectivity index (χ4n) is 3.32. The Balaban J connectivity index is 1.43. The van der Waals surface area contributed by atoms with Gasteiger partial charge in [0.2, 0.25) is 5.91 Å². The van der Waals surface area contributed by atoms with Crippen LogP contribution in [0.15, 0.2) is 48.5 Å². The standard InChI is InChI=1S/C22H24Cl2N2O3/c1-15(16-2-4-18(23)5-3-16)25-22(28)17-10-12-26(13-11-17)21(27)14-29-20-8-6-19(24)7-9-20/h2-9,15,17H,10-14H2,1H3,(H,25,28). The van der Waals surface area contributed by atoms with E-state index in [0.717, 1.165) is 5.56 Å². The molecule has 7 heteroatoms. The van der Waals surface area contributed by atoms with Crippen LogP contribution in [0.5, 0.6) is 5.75 Å². The van der Waals surface area contributed by atoms with Crippen molar-refractivity contribution in [3.8, 4) is 5.75 Å². The highest BCUT2D eigenvalue weighted by Crippen LogP contribution is 2.21. The molecule has 1 saturated heterocycles. The summed E-state index contributed by atoms with van der Waals surface area (Å²) >= 11 is 11.8. The second-order valence-electron chi connectivity index (χ2n) is 7.18. The second-order valence-corrected chi connectivity index (χ2v) is 8.05. The zero-order chi connectivity index (χ0) is 20.8. The van der Waals surface area contributed by atoms with Crippen molar-refractivity contribution in [2.75, 3.05) is 19.7 Å². The maximum absolute atomic E-state index is 12.6. The molecule has 0 aliphatic carbocycles. The number of carbonyl (C=O) groups excluding carboxylic acids is 2. The lowest BCUT2D eigenvalue weighted by Gasteiger charge is -2.32. The van der Waals surface area contributed by atoms with E-state index in [1.54, 1.807) is 29.2 Å². The molecule has 1 atom stereocenters. The number of benzene rings is 2. The molecule has 1 unspecified atom stereocenters. The molecule has 0 saturated carbocycles. The molecule has 29 heavy (non-hydrogen) atoms. The molecule has 154 valence electrons. The summed E-state index contributed by atoms with van der Waals surface area (Å²) in [5, 5.41) is 4.35. The number of nitrogens with one attached hydrogen (secondary N) is 1. The number of amides is 2. The van der Waals surface area contributed by atoms with Crippen LogP contribution in [-0.2, 0) is 9.59 Å². The van der Waals surface area contributed by atoms with E-state index in [1.807, 2.05) is 31.2 Å². The SMILES string of the molecule is CC(NC(=O)C1CCN(C(=O)COc2ccc(Cl)cc2)CC1)c1ccc(Cl)cc1. The van der Waals surface area contributed by atoms with Gasteiger partial charge in [0.25, 0.3) is 5.91 Å². The average molecular weight is 435 g/mol. The quantitative estimate of drug-likeness (QED) is 0.728. The molecule has 2 aromatic carbocycles. The van der Waals surface area contributed by atoms with Crippen LogP contribution >= 0.6 is 23.2 Å². The zero-order valence-corrected chi connectivity index (χ0v) is 17.7. The van der Waals surface area contributed by atoms with Gasteiger partial charge in [0.15, 0.2) is 6.61 Å². The summed E-state index contributed by atoms with van der Waals surface area (Å²) in [6.45, 7) is 3.03. The van der Waals surface area contributed by atoms with E-state index in [-0.39, 0.29) is 30.4 Å². The Labute approximate surface area is 180 Å². The van der Waals surface area contributed by atoms with Crippen molar-refractivity contribution < 1.29 is 14.3 Å². The summed E-state index contributed by atoms with van der Waals surface area (Å²) in [6.07, 6.45) is 1.29. The number of likely N-dealkylation sites (tertiary alicyclic amines) is 1. The number of piperidine rings is 1. The minimum atomic E-state index is -0.0917. The molecule has 1 fully saturated rings. The monoisotopic (exact) mass is 434 g/mol. The minimum absolute atomic E-state index is 0.0217. The number of nitrogens with zero attached hydrogens (tertiary/aromatic N) is 1. The largest absolute Gasteiger partial charge is 0.484 e. The summed E-state index contributed by atoms with van der Waals surface area (Å²) in [5.41, 5.74) is 1.01. The second kappa shape index (κ2) is 9.99. The molecule has 0 radical (unpaired) electrons. The normalized spacial score (nSPS) is 15.6. The van der Waals surface area contributed by atoms with Crippen molar-refractivity contribution in [1.29, 1.82) is 0 Å². The first kappa shape index (κ1) is 21.5. The van der Waals surface area contributed by atoms with Crippen LogP contribution in [0, 0.1) is 5.92 Å². The summed E-state index contributed by atoms with van der Waals surface area (Å²) < 4.78 is 5.52. The number of halogens is 2. The molecule has 3 rings (SSSR count). The van der Waals surface area contributed by atoms with Crippen molar-refractivity contribution in [3.63, 3.8) is 0 Å².